The van der Waals surface area contributed by atoms with Crippen LogP contribution in [-0.2, 0) is 26.0 Å². The van der Waals surface area contributed by atoms with E-state index in [0.717, 1.165) is 27.1 Å². The fourth-order valence-corrected chi connectivity index (χ4v) is 4.73. The molecule has 6 heteroatoms. The first-order valence-corrected chi connectivity index (χ1v) is 11.0. The lowest BCUT2D eigenvalue weighted by molar-refractivity contribution is -0.142. The molecule has 30 heavy (non-hydrogen) atoms. The van der Waals surface area contributed by atoms with Crippen LogP contribution in [0, 0.1) is 0 Å². The summed E-state index contributed by atoms with van der Waals surface area (Å²) in [7, 11) is -2.67. The molecule has 0 bridgehead atoms. The molecule has 0 aliphatic carbocycles. The smallest absolute Gasteiger partial charge is 0.324 e. The molecule has 0 fully saturated rings. The first-order chi connectivity index (χ1) is 14.5. The van der Waals surface area contributed by atoms with E-state index in [-0.39, 0.29) is 11.3 Å². The number of ether oxygens (including phenoxy) is 1. The summed E-state index contributed by atoms with van der Waals surface area (Å²) < 4.78 is 33.4. The van der Waals surface area contributed by atoms with Gasteiger partial charge in [-0.15, -0.1) is 0 Å². The highest BCUT2D eigenvalue weighted by atomic mass is 32.2. The number of benzene rings is 4. The molecular formula is C24H21NO4S. The molecule has 0 radical (unpaired) electrons. The third-order valence-corrected chi connectivity index (χ3v) is 6.54. The lowest BCUT2D eigenvalue weighted by atomic mass is 10.0. The predicted octanol–water partition coefficient (Wildman–Crippen LogP) is 4.06. The van der Waals surface area contributed by atoms with Crippen molar-refractivity contribution in [1.29, 1.82) is 0 Å². The van der Waals surface area contributed by atoms with Gasteiger partial charge >= 0.3 is 5.97 Å². The molecule has 5 nitrogen and oxygen atoms in total. The van der Waals surface area contributed by atoms with Gasteiger partial charge < -0.3 is 4.74 Å². The predicted molar refractivity (Wildman–Crippen MR) is 118 cm³/mol. The molecule has 4 aromatic carbocycles. The molecule has 152 valence electrons. The number of carbonyl (C=O) groups excluding carboxylic acids is 1. The third-order valence-electron chi connectivity index (χ3n) is 5.07. The lowest BCUT2D eigenvalue weighted by Crippen LogP contribution is -2.42. The van der Waals surface area contributed by atoms with Crippen molar-refractivity contribution in [2.24, 2.45) is 0 Å². The Morgan fingerprint density at radius 3 is 2.03 bits per heavy atom. The van der Waals surface area contributed by atoms with Crippen LogP contribution in [0.15, 0.2) is 89.8 Å². The van der Waals surface area contributed by atoms with Gasteiger partial charge in [-0.1, -0.05) is 72.8 Å². The molecule has 1 atom stereocenters. The SMILES string of the molecule is COC(=O)[C@@H](Cc1ccc2ccccc2c1)NS(=O)(=O)c1ccc2ccccc2c1. The van der Waals surface area contributed by atoms with Crippen LogP contribution in [0.25, 0.3) is 21.5 Å². The van der Waals surface area contributed by atoms with Crippen molar-refractivity contribution in [3.8, 4) is 0 Å². The Balaban J connectivity index is 1.63. The van der Waals surface area contributed by atoms with Gasteiger partial charge in [0.25, 0.3) is 0 Å². The standard InChI is InChI=1S/C24H21NO4S/c1-29-24(26)23(15-17-10-11-18-6-2-4-8-20(18)14-17)25-30(27,28)22-13-12-19-7-3-5-9-21(19)16-22/h2-14,16,23,25H,15H2,1H3/t23-/m1/s1. The van der Waals surface area contributed by atoms with Gasteiger partial charge in [-0.25, -0.2) is 8.42 Å². The summed E-state index contributed by atoms with van der Waals surface area (Å²) in [5.74, 6) is -0.632. The van der Waals surface area contributed by atoms with Gasteiger partial charge in [0.15, 0.2) is 0 Å². The maximum atomic E-state index is 13.0. The first kappa shape index (κ1) is 20.1. The second kappa shape index (κ2) is 8.26. The molecule has 0 heterocycles. The Morgan fingerprint density at radius 1 is 0.833 bits per heavy atom. The highest BCUT2D eigenvalue weighted by Crippen LogP contribution is 2.21. The Kier molecular flexibility index (Phi) is 5.53. The Labute approximate surface area is 175 Å². The number of hydrogen-bond acceptors (Lipinski definition) is 4. The summed E-state index contributed by atoms with van der Waals surface area (Å²) in [6.07, 6.45) is 0.185. The molecule has 0 spiro atoms. The van der Waals surface area contributed by atoms with Crippen LogP contribution in [0.3, 0.4) is 0 Å². The zero-order valence-corrected chi connectivity index (χ0v) is 17.2. The van der Waals surface area contributed by atoms with Gasteiger partial charge in [0.1, 0.15) is 6.04 Å². The van der Waals surface area contributed by atoms with E-state index in [2.05, 4.69) is 4.72 Å². The van der Waals surface area contributed by atoms with Gasteiger partial charge in [-0.2, -0.15) is 4.72 Å². The minimum absolute atomic E-state index is 0.105. The van der Waals surface area contributed by atoms with Crippen LogP contribution < -0.4 is 4.72 Å². The molecule has 0 unspecified atom stereocenters. The molecule has 4 aromatic rings. The number of hydrogen-bond donors (Lipinski definition) is 1. The fraction of sp³-hybridized carbons (Fsp3) is 0.125. The van der Waals surface area contributed by atoms with Crippen LogP contribution in [0.1, 0.15) is 5.56 Å². The summed E-state index contributed by atoms with van der Waals surface area (Å²) in [6.45, 7) is 0. The largest absolute Gasteiger partial charge is 0.468 e. The topological polar surface area (TPSA) is 72.5 Å². The number of rotatable bonds is 6. The van der Waals surface area contributed by atoms with E-state index < -0.39 is 22.0 Å². The number of carbonyl (C=O) groups is 1. The molecule has 1 N–H and O–H groups in total. The Bertz CT molecular complexity index is 1330. The van der Waals surface area contributed by atoms with Gasteiger partial charge in [0.05, 0.1) is 12.0 Å². The van der Waals surface area contributed by atoms with Gasteiger partial charge in [0.2, 0.25) is 10.0 Å². The summed E-state index contributed by atoms with van der Waals surface area (Å²) in [5.41, 5.74) is 0.838. The van der Waals surface area contributed by atoms with E-state index in [4.69, 9.17) is 4.74 Å². The van der Waals surface area contributed by atoms with Crippen LogP contribution >= 0.6 is 0 Å². The average Bonchev–Trinajstić information content (AvgIpc) is 2.77. The second-order valence-corrected chi connectivity index (χ2v) is 8.81. The maximum Gasteiger partial charge on any atom is 0.324 e. The summed E-state index contributed by atoms with van der Waals surface area (Å²) in [5, 5.41) is 3.85. The Morgan fingerprint density at radius 2 is 1.40 bits per heavy atom. The first-order valence-electron chi connectivity index (χ1n) is 9.53. The molecule has 0 amide bonds. The minimum atomic E-state index is -3.92. The van der Waals surface area contributed by atoms with Gasteiger partial charge in [-0.05, 0) is 45.7 Å². The van der Waals surface area contributed by atoms with Crippen molar-refractivity contribution in [3.63, 3.8) is 0 Å². The van der Waals surface area contributed by atoms with Crippen molar-refractivity contribution < 1.29 is 17.9 Å². The van der Waals surface area contributed by atoms with E-state index in [1.165, 1.54) is 13.2 Å². The van der Waals surface area contributed by atoms with E-state index in [1.54, 1.807) is 12.1 Å². The maximum absolute atomic E-state index is 13.0. The van der Waals surface area contributed by atoms with Crippen molar-refractivity contribution in [2.45, 2.75) is 17.4 Å². The molecular weight excluding hydrogens is 398 g/mol. The van der Waals surface area contributed by atoms with Crippen molar-refractivity contribution in [3.05, 3.63) is 90.5 Å². The lowest BCUT2D eigenvalue weighted by Gasteiger charge is -2.17. The van der Waals surface area contributed by atoms with Gasteiger partial charge in [0, 0.05) is 0 Å². The normalized spacial score (nSPS) is 12.7. The van der Waals surface area contributed by atoms with Crippen molar-refractivity contribution in [1.82, 2.24) is 4.72 Å². The monoisotopic (exact) mass is 419 g/mol. The van der Waals surface area contributed by atoms with Crippen LogP contribution in [0.2, 0.25) is 0 Å². The summed E-state index contributed by atoms with van der Waals surface area (Å²) >= 11 is 0. The zero-order valence-electron chi connectivity index (χ0n) is 16.4. The summed E-state index contributed by atoms with van der Waals surface area (Å²) in [4.78, 5) is 12.5. The second-order valence-electron chi connectivity index (χ2n) is 7.09. The Hall–Kier alpha value is -3.22. The zero-order chi connectivity index (χ0) is 21.1. The van der Waals surface area contributed by atoms with Gasteiger partial charge in [-0.3, -0.25) is 4.79 Å². The molecule has 0 aromatic heterocycles. The average molecular weight is 420 g/mol. The van der Waals surface area contributed by atoms with E-state index in [0.29, 0.717) is 0 Å². The summed E-state index contributed by atoms with van der Waals surface area (Å²) in [6, 6.07) is 25.0. The third kappa shape index (κ3) is 4.20. The van der Waals surface area contributed by atoms with E-state index in [1.807, 2.05) is 66.7 Å². The number of fused-ring (bicyclic) bond motifs is 2. The van der Waals surface area contributed by atoms with Crippen molar-refractivity contribution >= 4 is 37.5 Å². The number of nitrogens with one attached hydrogen (secondary N) is 1. The van der Waals surface area contributed by atoms with Crippen LogP contribution in [0.4, 0.5) is 0 Å². The number of sulfonamides is 1. The van der Waals surface area contributed by atoms with E-state index >= 15 is 0 Å². The number of methoxy groups -OCH3 is 1. The van der Waals surface area contributed by atoms with Crippen LogP contribution in [-0.4, -0.2) is 27.5 Å². The van der Waals surface area contributed by atoms with E-state index in [9.17, 15) is 13.2 Å². The molecule has 0 aliphatic heterocycles. The molecule has 4 rings (SSSR count). The highest BCUT2D eigenvalue weighted by molar-refractivity contribution is 7.89. The number of esters is 1. The van der Waals surface area contributed by atoms with Crippen LogP contribution in [0.5, 0.6) is 0 Å². The molecule has 0 aliphatic rings. The molecule has 0 saturated carbocycles. The fourth-order valence-electron chi connectivity index (χ4n) is 3.51. The highest BCUT2D eigenvalue weighted by Gasteiger charge is 2.27. The minimum Gasteiger partial charge on any atom is -0.468 e. The quantitative estimate of drug-likeness (QED) is 0.479. The molecule has 0 saturated heterocycles. The van der Waals surface area contributed by atoms with Crippen molar-refractivity contribution in [2.75, 3.05) is 7.11 Å².